The molecule has 4 rings (SSSR count). The largest absolute Gasteiger partial charge is 0.483 e. The van der Waals surface area contributed by atoms with Crippen LogP contribution < -0.4 is 9.64 Å². The number of carbonyl (C=O) groups excluding carboxylic acids is 1. The lowest BCUT2D eigenvalue weighted by Gasteiger charge is -2.34. The van der Waals surface area contributed by atoms with Gasteiger partial charge in [0.05, 0.1) is 5.69 Å². The topological polar surface area (TPSA) is 76.4 Å². The van der Waals surface area contributed by atoms with Crippen molar-refractivity contribution in [1.82, 2.24) is 25.1 Å². The molecule has 1 aromatic heterocycles. The van der Waals surface area contributed by atoms with E-state index in [1.807, 2.05) is 53.4 Å². The smallest absolute Gasteiger partial charge is 0.260 e. The first-order chi connectivity index (χ1) is 14.9. The van der Waals surface area contributed by atoms with E-state index >= 15 is 0 Å². The van der Waals surface area contributed by atoms with Crippen molar-refractivity contribution in [1.29, 1.82) is 0 Å². The van der Waals surface area contributed by atoms with Crippen molar-refractivity contribution in [2.75, 3.05) is 37.7 Å². The Kier molecular flexibility index (Phi) is 5.88. The van der Waals surface area contributed by atoms with Gasteiger partial charge in [0.25, 0.3) is 5.91 Å². The fourth-order valence-corrected chi connectivity index (χ4v) is 3.71. The third-order valence-electron chi connectivity index (χ3n) is 5.42. The van der Waals surface area contributed by atoms with Gasteiger partial charge in [-0.05, 0) is 39.6 Å². The Labute approximate surface area is 182 Å². The van der Waals surface area contributed by atoms with Gasteiger partial charge in [0.15, 0.2) is 6.61 Å². The summed E-state index contributed by atoms with van der Waals surface area (Å²) in [7, 11) is 0. The molecule has 8 nitrogen and oxygen atoms in total. The molecule has 1 fully saturated rings. The van der Waals surface area contributed by atoms with Crippen molar-refractivity contribution in [3.05, 3.63) is 60.2 Å². The van der Waals surface area contributed by atoms with E-state index in [1.54, 1.807) is 4.68 Å². The third kappa shape index (κ3) is 4.68. The van der Waals surface area contributed by atoms with Crippen LogP contribution in [0.3, 0.4) is 0 Å². The van der Waals surface area contributed by atoms with Crippen molar-refractivity contribution in [2.45, 2.75) is 26.2 Å². The first-order valence-electron chi connectivity index (χ1n) is 10.5. The van der Waals surface area contributed by atoms with Gasteiger partial charge in [0, 0.05) is 26.2 Å². The third-order valence-corrected chi connectivity index (χ3v) is 5.42. The zero-order chi connectivity index (χ0) is 21.8. The predicted octanol–water partition coefficient (Wildman–Crippen LogP) is 2.69. The SMILES string of the molecule is CC(C)(C)c1ccccc1OCC(=O)N1CCN(c2nnnn2-c2ccccc2)CC1. The molecule has 1 aliphatic rings. The Morgan fingerprint density at radius 3 is 2.35 bits per heavy atom. The van der Waals surface area contributed by atoms with Crippen LogP contribution >= 0.6 is 0 Å². The van der Waals surface area contributed by atoms with Gasteiger partial charge in [-0.15, -0.1) is 0 Å². The normalized spacial score (nSPS) is 14.5. The van der Waals surface area contributed by atoms with Gasteiger partial charge in [-0.25, -0.2) is 0 Å². The molecule has 3 aromatic rings. The van der Waals surface area contributed by atoms with Crippen LogP contribution in [0.5, 0.6) is 5.75 Å². The van der Waals surface area contributed by atoms with Crippen molar-refractivity contribution in [3.8, 4) is 11.4 Å². The number of piperazine rings is 1. The Bertz CT molecular complexity index is 1020. The maximum atomic E-state index is 12.8. The maximum absolute atomic E-state index is 12.8. The van der Waals surface area contributed by atoms with Crippen LogP contribution in [-0.4, -0.2) is 63.8 Å². The lowest BCUT2D eigenvalue weighted by Crippen LogP contribution is -2.50. The molecule has 0 spiro atoms. The number of tetrazole rings is 1. The number of rotatable bonds is 5. The maximum Gasteiger partial charge on any atom is 0.260 e. The number of hydrogen-bond donors (Lipinski definition) is 0. The summed E-state index contributed by atoms with van der Waals surface area (Å²) in [5.74, 6) is 1.45. The fraction of sp³-hybridized carbons (Fsp3) is 0.391. The summed E-state index contributed by atoms with van der Waals surface area (Å²) < 4.78 is 7.64. The van der Waals surface area contributed by atoms with Gasteiger partial charge in [-0.1, -0.05) is 62.3 Å². The van der Waals surface area contributed by atoms with Crippen molar-refractivity contribution in [2.24, 2.45) is 0 Å². The molecule has 0 saturated carbocycles. The Morgan fingerprint density at radius 1 is 0.968 bits per heavy atom. The molecule has 162 valence electrons. The highest BCUT2D eigenvalue weighted by Gasteiger charge is 2.26. The summed E-state index contributed by atoms with van der Waals surface area (Å²) in [6, 6.07) is 17.7. The highest BCUT2D eigenvalue weighted by Crippen LogP contribution is 2.31. The zero-order valence-electron chi connectivity index (χ0n) is 18.2. The predicted molar refractivity (Wildman–Crippen MR) is 119 cm³/mol. The van der Waals surface area contributed by atoms with Crippen LogP contribution in [0.15, 0.2) is 54.6 Å². The molecule has 1 saturated heterocycles. The van der Waals surface area contributed by atoms with E-state index in [0.717, 1.165) is 17.0 Å². The molecule has 0 unspecified atom stereocenters. The number of anilines is 1. The van der Waals surface area contributed by atoms with E-state index in [1.165, 1.54) is 0 Å². The van der Waals surface area contributed by atoms with E-state index in [4.69, 9.17) is 4.74 Å². The lowest BCUT2D eigenvalue weighted by molar-refractivity contribution is -0.133. The molecule has 0 bridgehead atoms. The molecule has 0 N–H and O–H groups in total. The number of amides is 1. The quantitative estimate of drug-likeness (QED) is 0.632. The van der Waals surface area contributed by atoms with E-state index in [0.29, 0.717) is 32.1 Å². The second-order valence-corrected chi connectivity index (χ2v) is 8.63. The van der Waals surface area contributed by atoms with Gasteiger partial charge in [-0.3, -0.25) is 4.79 Å². The average Bonchev–Trinajstić information content (AvgIpc) is 3.28. The molecule has 1 aliphatic heterocycles. The molecule has 2 heterocycles. The summed E-state index contributed by atoms with van der Waals surface area (Å²) in [6.07, 6.45) is 0. The van der Waals surface area contributed by atoms with Crippen LogP contribution in [0.2, 0.25) is 0 Å². The molecule has 1 amide bonds. The Hall–Kier alpha value is -3.42. The Balaban J connectivity index is 1.35. The van der Waals surface area contributed by atoms with Gasteiger partial charge >= 0.3 is 0 Å². The molecular formula is C23H28N6O2. The number of benzene rings is 2. The van der Waals surface area contributed by atoms with E-state index in [9.17, 15) is 4.79 Å². The number of hydrogen-bond acceptors (Lipinski definition) is 6. The van der Waals surface area contributed by atoms with Crippen molar-refractivity contribution in [3.63, 3.8) is 0 Å². The number of nitrogens with zero attached hydrogens (tertiary/aromatic N) is 6. The van der Waals surface area contributed by atoms with Gasteiger partial charge < -0.3 is 14.5 Å². The number of aromatic nitrogens is 4. The van der Waals surface area contributed by atoms with Gasteiger partial charge in [0.2, 0.25) is 5.95 Å². The average molecular weight is 421 g/mol. The van der Waals surface area contributed by atoms with Gasteiger partial charge in [0.1, 0.15) is 5.75 Å². The van der Waals surface area contributed by atoms with E-state index in [-0.39, 0.29) is 17.9 Å². The van der Waals surface area contributed by atoms with Crippen LogP contribution in [-0.2, 0) is 10.2 Å². The molecule has 2 aromatic carbocycles. The molecule has 0 radical (unpaired) electrons. The summed E-state index contributed by atoms with van der Waals surface area (Å²) in [4.78, 5) is 16.7. The number of ether oxygens (including phenoxy) is 1. The summed E-state index contributed by atoms with van der Waals surface area (Å²) in [5.41, 5.74) is 1.96. The van der Waals surface area contributed by atoms with Crippen LogP contribution in [0.4, 0.5) is 5.95 Å². The Morgan fingerprint density at radius 2 is 1.65 bits per heavy atom. The van der Waals surface area contributed by atoms with Crippen molar-refractivity contribution < 1.29 is 9.53 Å². The van der Waals surface area contributed by atoms with Crippen LogP contribution in [0.25, 0.3) is 5.69 Å². The zero-order valence-corrected chi connectivity index (χ0v) is 18.2. The molecule has 31 heavy (non-hydrogen) atoms. The van der Waals surface area contributed by atoms with Crippen LogP contribution in [0, 0.1) is 0 Å². The molecule has 8 heteroatoms. The molecule has 0 aliphatic carbocycles. The van der Waals surface area contributed by atoms with E-state index < -0.39 is 0 Å². The first-order valence-corrected chi connectivity index (χ1v) is 10.5. The monoisotopic (exact) mass is 420 g/mol. The number of carbonyl (C=O) groups is 1. The number of para-hydroxylation sites is 2. The molecule has 0 atom stereocenters. The van der Waals surface area contributed by atoms with Crippen molar-refractivity contribution >= 4 is 11.9 Å². The standard InChI is InChI=1S/C23H28N6O2/c1-23(2,3)19-11-7-8-12-20(19)31-17-21(30)27-13-15-28(16-14-27)22-24-25-26-29(22)18-9-5-4-6-10-18/h4-12H,13-17H2,1-3H3. The minimum absolute atomic E-state index is 0.00832. The fourth-order valence-electron chi connectivity index (χ4n) is 3.71. The van der Waals surface area contributed by atoms with E-state index in [2.05, 4.69) is 47.3 Å². The highest BCUT2D eigenvalue weighted by molar-refractivity contribution is 5.78. The minimum atomic E-state index is -0.0476. The second kappa shape index (κ2) is 8.75. The molecular weight excluding hydrogens is 392 g/mol. The minimum Gasteiger partial charge on any atom is -0.483 e. The lowest BCUT2D eigenvalue weighted by atomic mass is 9.86. The summed E-state index contributed by atoms with van der Waals surface area (Å²) in [6.45, 7) is 8.98. The van der Waals surface area contributed by atoms with Crippen LogP contribution in [0.1, 0.15) is 26.3 Å². The second-order valence-electron chi connectivity index (χ2n) is 8.63. The van der Waals surface area contributed by atoms with Gasteiger partial charge in [-0.2, -0.15) is 4.68 Å². The summed E-state index contributed by atoms with van der Waals surface area (Å²) in [5, 5.41) is 12.2. The summed E-state index contributed by atoms with van der Waals surface area (Å²) >= 11 is 0. The first kappa shape index (κ1) is 20.8. The highest BCUT2D eigenvalue weighted by atomic mass is 16.5.